The van der Waals surface area contributed by atoms with E-state index in [9.17, 15) is 0 Å². The molecular weight excluding hydrogens is 367 g/mol. The Bertz CT molecular complexity index is 69.1. The fourth-order valence-electron chi connectivity index (χ4n) is 0. The Kier molecular flexibility index (Phi) is 21.7. The van der Waals surface area contributed by atoms with Gasteiger partial charge in [-0.1, -0.05) is 0 Å². The van der Waals surface area contributed by atoms with Crippen LogP contribution >= 0.6 is 0 Å². The van der Waals surface area contributed by atoms with Crippen molar-refractivity contribution < 1.29 is 26.6 Å². The van der Waals surface area contributed by atoms with Crippen LogP contribution < -0.4 is 0 Å². The third kappa shape index (κ3) is 401. The van der Waals surface area contributed by atoms with Gasteiger partial charge in [-0.15, -0.1) is 22.7 Å². The molecule has 0 aromatic heterocycles. The van der Waals surface area contributed by atoms with Crippen LogP contribution in [-0.4, -0.2) is 53.9 Å². The zero-order chi connectivity index (χ0) is 7.15. The molecule has 56 valence electrons. The molecule has 0 aromatic carbocycles. The van der Waals surface area contributed by atoms with Crippen LogP contribution in [0.5, 0.6) is 0 Å². The fourth-order valence-corrected chi connectivity index (χ4v) is 0. The average molecular weight is 367 g/mol. The molecule has 0 aliphatic heterocycles. The molecule has 6 nitrogen and oxygen atoms in total. The summed E-state index contributed by atoms with van der Waals surface area (Å²) in [6.07, 6.45) is 0. The molecule has 0 heterocycles. The second-order valence-corrected chi connectivity index (χ2v) is 1.22. The van der Waals surface area contributed by atoms with E-state index >= 15 is 0 Å². The zero-order valence-corrected chi connectivity index (χ0v) is 9.29. The monoisotopic (exact) mass is 368 g/mol. The molecule has 0 aliphatic carbocycles. The number of rotatable bonds is 0. The van der Waals surface area contributed by atoms with Crippen molar-refractivity contribution in [1.82, 2.24) is 0 Å². The van der Waals surface area contributed by atoms with Gasteiger partial charge in [0.1, 0.15) is 0 Å². The molecule has 0 spiro atoms. The van der Waals surface area contributed by atoms with E-state index in [4.69, 9.17) is 26.6 Å². The van der Waals surface area contributed by atoms with E-state index in [1.165, 1.54) is 0 Å². The van der Waals surface area contributed by atoms with E-state index in [1.54, 1.807) is 0 Å². The van der Waals surface area contributed by atoms with Gasteiger partial charge in [-0.05, 0) is 0 Å². The summed E-state index contributed by atoms with van der Waals surface area (Å²) in [6.45, 7) is 0. The maximum atomic E-state index is 8.44. The van der Waals surface area contributed by atoms with Crippen LogP contribution in [-0.2, 0) is 22.7 Å². The molecule has 0 bridgehead atoms. The van der Waals surface area contributed by atoms with Gasteiger partial charge >= 0.3 is 0 Å². The normalized spacial score (nSPS) is 7.78. The van der Waals surface area contributed by atoms with Crippen molar-refractivity contribution in [3.05, 3.63) is 0 Å². The van der Waals surface area contributed by atoms with E-state index in [0.29, 0.717) is 0 Å². The first kappa shape index (κ1) is 16.6. The minimum atomic E-state index is -3.11. The summed E-state index contributed by atoms with van der Waals surface area (Å²) in [5.74, 6) is 0. The first-order chi connectivity index (χ1) is 3.46. The van der Waals surface area contributed by atoms with Gasteiger partial charge in [0.05, 0.1) is 0 Å². The first-order valence-electron chi connectivity index (χ1n) is 1.00. The summed E-state index contributed by atoms with van der Waals surface area (Å²) in [4.78, 5) is 0. The predicted molar refractivity (Wildman–Crippen MR) is 25.1 cm³/mol. The summed E-state index contributed by atoms with van der Waals surface area (Å²) in [6, 6.07) is 0. The second kappa shape index (κ2) is 11.8. The van der Waals surface area contributed by atoms with Crippen molar-refractivity contribution in [2.24, 2.45) is 0 Å². The van der Waals surface area contributed by atoms with Crippen molar-refractivity contribution in [3.63, 3.8) is 0 Å². The molecule has 0 unspecified atom stereocenters. The van der Waals surface area contributed by atoms with Crippen LogP contribution in [0.1, 0.15) is 0 Å². The van der Waals surface area contributed by atoms with Crippen LogP contribution in [0.2, 0.25) is 0 Å². The van der Waals surface area contributed by atoms with Gasteiger partial charge < -0.3 is 18.2 Å². The van der Waals surface area contributed by atoms with Crippen LogP contribution in [0.15, 0.2) is 0 Å². The maximum absolute atomic E-state index is 8.44. The number of hydrogen-bond acceptors (Lipinski definition) is 6. The minimum Gasteiger partial charge on any atom is -0.784 e. The zero-order valence-electron chi connectivity index (χ0n) is 3.77. The molecule has 0 atom stereocenters. The smallest absolute Gasteiger partial charge is 0 e. The van der Waals surface area contributed by atoms with E-state index < -0.39 is 22.7 Å². The van der Waals surface area contributed by atoms with Crippen molar-refractivity contribution in [2.75, 3.05) is 0 Å². The van der Waals surface area contributed by atoms with Crippen LogP contribution in [0.25, 0.3) is 0 Å². The Morgan fingerprint density at radius 3 is 0.778 bits per heavy atom. The van der Waals surface area contributed by atoms with Crippen LogP contribution in [0, 0.1) is 0 Å². The Morgan fingerprint density at radius 1 is 0.778 bits per heavy atom. The summed E-state index contributed by atoms with van der Waals surface area (Å²) >= 11 is -6.22. The van der Waals surface area contributed by atoms with E-state index in [-0.39, 0.29) is 27.3 Å². The van der Waals surface area contributed by atoms with E-state index in [1.807, 2.05) is 0 Å². The first-order valence-corrected chi connectivity index (χ1v) is 3.00. The molecule has 0 saturated carbocycles. The average Bonchev–Trinajstić information content (AvgIpc) is 1.25. The largest absolute Gasteiger partial charge is 0.784 e. The molecule has 0 rings (SSSR count). The maximum Gasteiger partial charge on any atom is 0 e. The van der Waals surface area contributed by atoms with Gasteiger partial charge in [0.25, 0.3) is 0 Å². The van der Waals surface area contributed by atoms with Gasteiger partial charge in [0.2, 0.25) is 0 Å². The molecule has 9 heavy (non-hydrogen) atoms. The topological polar surface area (TPSA) is 126 Å². The van der Waals surface area contributed by atoms with Crippen molar-refractivity contribution in [2.45, 2.75) is 0 Å². The Labute approximate surface area is 76.4 Å². The summed E-state index contributed by atoms with van der Waals surface area (Å²) in [7, 11) is 0. The summed E-state index contributed by atoms with van der Waals surface area (Å²) in [5.41, 5.74) is 0. The quantitative estimate of drug-likeness (QED) is 0.347. The summed E-state index contributed by atoms with van der Waals surface area (Å²) < 4.78 is 50.7. The van der Waals surface area contributed by atoms with E-state index in [0.717, 1.165) is 0 Å². The molecule has 4 radical (unpaired) electrons. The SMILES string of the molecule is O=S([O-])[O-].O=S([O-])[O-].[Pb]. The van der Waals surface area contributed by atoms with Crippen molar-refractivity contribution in [3.8, 4) is 0 Å². The van der Waals surface area contributed by atoms with Gasteiger partial charge in [-0.3, -0.25) is 8.42 Å². The third-order valence-electron chi connectivity index (χ3n) is 0. The van der Waals surface area contributed by atoms with Crippen LogP contribution in [0.3, 0.4) is 0 Å². The molecule has 0 amide bonds. The number of hydrogen-bond donors (Lipinski definition) is 0. The molecular formula is O6PbS2-4. The molecule has 0 aliphatic rings. The second-order valence-electron chi connectivity index (χ2n) is 0.408. The molecule has 0 aromatic rings. The molecule has 0 fully saturated rings. The standard InChI is InChI=1S/2H2O3S.Pb/c2*1-4(2)3;/h2*(H2,1,2,3);/p-4. The van der Waals surface area contributed by atoms with Gasteiger partial charge in [-0.25, -0.2) is 0 Å². The van der Waals surface area contributed by atoms with Crippen LogP contribution in [0.4, 0.5) is 0 Å². The van der Waals surface area contributed by atoms with Gasteiger partial charge in [0, 0.05) is 27.3 Å². The Balaban J connectivity index is -0.0000000720. The fraction of sp³-hybridized carbons (Fsp3) is 0. The Hall–Kier alpha value is 1.06. The Morgan fingerprint density at radius 2 is 0.778 bits per heavy atom. The molecule has 0 N–H and O–H groups in total. The van der Waals surface area contributed by atoms with E-state index in [2.05, 4.69) is 0 Å². The van der Waals surface area contributed by atoms with Crippen molar-refractivity contribution in [1.29, 1.82) is 0 Å². The predicted octanol–water partition coefficient (Wildman–Crippen LogP) is -2.39. The molecule has 0 saturated heterocycles. The van der Waals surface area contributed by atoms with Gasteiger partial charge in [-0.2, -0.15) is 0 Å². The summed E-state index contributed by atoms with van der Waals surface area (Å²) in [5, 5.41) is 0. The third-order valence-corrected chi connectivity index (χ3v) is 0. The minimum absolute atomic E-state index is 0. The molecule has 9 heteroatoms. The van der Waals surface area contributed by atoms with Gasteiger partial charge in [0.15, 0.2) is 0 Å². The van der Waals surface area contributed by atoms with Crippen molar-refractivity contribution >= 4 is 50.0 Å².